The van der Waals surface area contributed by atoms with Crippen LogP contribution in [0.3, 0.4) is 0 Å². The van der Waals surface area contributed by atoms with E-state index in [4.69, 9.17) is 4.74 Å². The molecule has 9 heteroatoms. The van der Waals surface area contributed by atoms with Crippen molar-refractivity contribution in [2.75, 3.05) is 37.5 Å². The predicted octanol–water partition coefficient (Wildman–Crippen LogP) is 2.57. The predicted molar refractivity (Wildman–Crippen MR) is 114 cm³/mol. The molecule has 0 fully saturated rings. The van der Waals surface area contributed by atoms with Crippen LogP contribution < -0.4 is 15.0 Å². The van der Waals surface area contributed by atoms with Crippen LogP contribution in [-0.2, 0) is 14.8 Å². The minimum Gasteiger partial charge on any atom is -0.482 e. The minimum atomic E-state index is -3.56. The number of nitrogens with zero attached hydrogens (tertiary/aromatic N) is 2. The van der Waals surface area contributed by atoms with E-state index < -0.39 is 10.0 Å². The van der Waals surface area contributed by atoms with Gasteiger partial charge in [0.1, 0.15) is 5.75 Å². The molecule has 0 saturated carbocycles. The molecular formula is C21H25N3O5S. The molecule has 30 heavy (non-hydrogen) atoms. The summed E-state index contributed by atoms with van der Waals surface area (Å²) in [6.07, 6.45) is 0. The second-order valence-electron chi connectivity index (χ2n) is 7.64. The Bertz CT molecular complexity index is 1060. The fourth-order valence-electron chi connectivity index (χ4n) is 3.04. The Morgan fingerprint density at radius 3 is 2.43 bits per heavy atom. The molecule has 0 aliphatic carbocycles. The summed E-state index contributed by atoms with van der Waals surface area (Å²) >= 11 is 0. The standard InChI is InChI=1S/C21H25N3O5S/c1-14(2)12-24-18-11-16(7-10-19(18)29-13-20(24)25)22-21(26)15-5-8-17(9-6-15)30(27,28)23(3)4/h5-11,14H,12-13H2,1-4H3,(H,22,26). The lowest BCUT2D eigenvalue weighted by Gasteiger charge is -2.31. The molecule has 2 aromatic rings. The van der Waals surface area contributed by atoms with Crippen molar-refractivity contribution >= 4 is 33.2 Å². The van der Waals surface area contributed by atoms with E-state index in [1.165, 1.54) is 38.4 Å². The molecule has 1 heterocycles. The van der Waals surface area contributed by atoms with E-state index in [0.717, 1.165) is 4.31 Å². The lowest BCUT2D eigenvalue weighted by Crippen LogP contribution is -2.41. The Labute approximate surface area is 176 Å². The van der Waals surface area contributed by atoms with Crippen LogP contribution in [0.15, 0.2) is 47.4 Å². The van der Waals surface area contributed by atoms with Crippen molar-refractivity contribution in [3.8, 4) is 5.75 Å². The number of ether oxygens (including phenoxy) is 1. The molecule has 0 radical (unpaired) electrons. The van der Waals surface area contributed by atoms with Crippen molar-refractivity contribution in [2.45, 2.75) is 18.7 Å². The van der Waals surface area contributed by atoms with Gasteiger partial charge in [-0.3, -0.25) is 9.59 Å². The number of fused-ring (bicyclic) bond motifs is 1. The number of hydrogen-bond donors (Lipinski definition) is 1. The molecule has 0 unspecified atom stereocenters. The molecular weight excluding hydrogens is 406 g/mol. The molecule has 1 aliphatic rings. The number of amides is 2. The van der Waals surface area contributed by atoms with Crippen molar-refractivity contribution in [1.82, 2.24) is 4.31 Å². The molecule has 8 nitrogen and oxygen atoms in total. The number of benzene rings is 2. The third kappa shape index (κ3) is 4.47. The number of nitrogens with one attached hydrogen (secondary N) is 1. The highest BCUT2D eigenvalue weighted by atomic mass is 32.2. The first-order chi connectivity index (χ1) is 14.1. The maximum atomic E-state index is 12.6. The third-order valence-corrected chi connectivity index (χ3v) is 6.43. The average molecular weight is 432 g/mol. The Morgan fingerprint density at radius 2 is 1.83 bits per heavy atom. The number of anilines is 2. The summed E-state index contributed by atoms with van der Waals surface area (Å²) in [5, 5.41) is 2.79. The first-order valence-electron chi connectivity index (χ1n) is 9.50. The third-order valence-electron chi connectivity index (χ3n) is 4.60. The molecule has 2 amide bonds. The number of rotatable bonds is 6. The Balaban J connectivity index is 1.81. The number of carbonyl (C=O) groups excluding carboxylic acids is 2. The molecule has 0 aromatic heterocycles. The Morgan fingerprint density at radius 1 is 1.17 bits per heavy atom. The van der Waals surface area contributed by atoms with Crippen molar-refractivity contribution in [3.63, 3.8) is 0 Å². The van der Waals surface area contributed by atoms with Gasteiger partial charge in [-0.15, -0.1) is 0 Å². The fourth-order valence-corrected chi connectivity index (χ4v) is 3.94. The minimum absolute atomic E-state index is 0.00632. The van der Waals surface area contributed by atoms with Gasteiger partial charge in [0.05, 0.1) is 10.6 Å². The zero-order valence-corrected chi connectivity index (χ0v) is 18.2. The van der Waals surface area contributed by atoms with E-state index in [1.54, 1.807) is 23.1 Å². The molecule has 1 aliphatic heterocycles. The van der Waals surface area contributed by atoms with Crippen molar-refractivity contribution in [1.29, 1.82) is 0 Å². The number of sulfonamides is 1. The summed E-state index contributed by atoms with van der Waals surface area (Å²) in [5.41, 5.74) is 1.44. The molecule has 1 N–H and O–H groups in total. The van der Waals surface area contributed by atoms with Crippen LogP contribution in [0.5, 0.6) is 5.75 Å². The van der Waals surface area contributed by atoms with Crippen LogP contribution in [0.25, 0.3) is 0 Å². The quantitative estimate of drug-likeness (QED) is 0.758. The number of carbonyl (C=O) groups is 2. The number of hydrogen-bond acceptors (Lipinski definition) is 5. The van der Waals surface area contributed by atoms with Gasteiger partial charge in [-0.05, 0) is 48.4 Å². The van der Waals surface area contributed by atoms with E-state index in [9.17, 15) is 18.0 Å². The highest BCUT2D eigenvalue weighted by Gasteiger charge is 2.26. The summed E-state index contributed by atoms with van der Waals surface area (Å²) in [7, 11) is -0.665. The topological polar surface area (TPSA) is 96.0 Å². The maximum Gasteiger partial charge on any atom is 0.265 e. The summed E-state index contributed by atoms with van der Waals surface area (Å²) in [5.74, 6) is 0.348. The first-order valence-corrected chi connectivity index (χ1v) is 10.9. The van der Waals surface area contributed by atoms with Gasteiger partial charge in [0.25, 0.3) is 11.8 Å². The molecule has 0 bridgehead atoms. The van der Waals surface area contributed by atoms with Crippen molar-refractivity contribution < 1.29 is 22.7 Å². The van der Waals surface area contributed by atoms with Crippen LogP contribution in [-0.4, -0.2) is 51.8 Å². The van der Waals surface area contributed by atoms with Gasteiger partial charge in [-0.2, -0.15) is 0 Å². The second kappa shape index (κ2) is 8.45. The lowest BCUT2D eigenvalue weighted by atomic mass is 10.1. The van der Waals surface area contributed by atoms with Crippen LogP contribution in [0.1, 0.15) is 24.2 Å². The van der Waals surface area contributed by atoms with Gasteiger partial charge in [-0.1, -0.05) is 13.8 Å². The molecule has 0 spiro atoms. The van der Waals surface area contributed by atoms with E-state index in [0.29, 0.717) is 29.2 Å². The molecule has 160 valence electrons. The Hall–Kier alpha value is -2.91. The van der Waals surface area contributed by atoms with Crippen LogP contribution in [0.2, 0.25) is 0 Å². The van der Waals surface area contributed by atoms with Crippen molar-refractivity contribution in [3.05, 3.63) is 48.0 Å². The summed E-state index contributed by atoms with van der Waals surface area (Å²) in [6, 6.07) is 10.8. The normalized spacial score (nSPS) is 13.9. The van der Waals surface area contributed by atoms with Gasteiger partial charge in [-0.25, -0.2) is 12.7 Å². The van der Waals surface area contributed by atoms with Gasteiger partial charge in [0.2, 0.25) is 10.0 Å². The summed E-state index contributed by atoms with van der Waals surface area (Å²) in [4.78, 5) is 26.7. The van der Waals surface area contributed by atoms with E-state index in [2.05, 4.69) is 5.32 Å². The molecule has 2 aromatic carbocycles. The Kier molecular flexibility index (Phi) is 6.14. The lowest BCUT2D eigenvalue weighted by molar-refractivity contribution is -0.121. The van der Waals surface area contributed by atoms with Gasteiger partial charge >= 0.3 is 0 Å². The first kappa shape index (κ1) is 21.8. The molecule has 0 atom stereocenters. The second-order valence-corrected chi connectivity index (χ2v) is 9.79. The zero-order chi connectivity index (χ0) is 22.1. The van der Waals surface area contributed by atoms with E-state index >= 15 is 0 Å². The average Bonchev–Trinajstić information content (AvgIpc) is 2.70. The SMILES string of the molecule is CC(C)CN1C(=O)COc2ccc(NC(=O)c3ccc(S(=O)(=O)N(C)C)cc3)cc21. The zero-order valence-electron chi connectivity index (χ0n) is 17.4. The van der Waals surface area contributed by atoms with E-state index in [-0.39, 0.29) is 29.2 Å². The fraction of sp³-hybridized carbons (Fsp3) is 0.333. The monoisotopic (exact) mass is 431 g/mol. The molecule has 3 rings (SSSR count). The molecule has 0 saturated heterocycles. The van der Waals surface area contributed by atoms with Crippen LogP contribution in [0, 0.1) is 5.92 Å². The maximum absolute atomic E-state index is 12.6. The summed E-state index contributed by atoms with van der Waals surface area (Å²) < 4.78 is 30.9. The highest BCUT2D eigenvalue weighted by molar-refractivity contribution is 7.89. The van der Waals surface area contributed by atoms with Crippen LogP contribution in [0.4, 0.5) is 11.4 Å². The van der Waals surface area contributed by atoms with Crippen LogP contribution >= 0.6 is 0 Å². The van der Waals surface area contributed by atoms with Crippen molar-refractivity contribution in [2.24, 2.45) is 5.92 Å². The highest BCUT2D eigenvalue weighted by Crippen LogP contribution is 2.35. The van der Waals surface area contributed by atoms with Gasteiger partial charge < -0.3 is 15.0 Å². The largest absolute Gasteiger partial charge is 0.482 e. The van der Waals surface area contributed by atoms with E-state index in [1.807, 2.05) is 13.8 Å². The summed E-state index contributed by atoms with van der Waals surface area (Å²) in [6.45, 7) is 4.59. The smallest absolute Gasteiger partial charge is 0.265 e. The van der Waals surface area contributed by atoms with Gasteiger partial charge in [0.15, 0.2) is 6.61 Å². The van der Waals surface area contributed by atoms with Gasteiger partial charge in [0, 0.05) is 31.9 Å².